The normalized spacial score (nSPS) is 10.7. The maximum atomic E-state index is 10.2. The van der Waals surface area contributed by atoms with Gasteiger partial charge in [-0.2, -0.15) is 0 Å². The van der Waals surface area contributed by atoms with Crippen molar-refractivity contribution >= 4 is 15.9 Å². The van der Waals surface area contributed by atoms with Crippen LogP contribution in [0.15, 0.2) is 40.9 Å². The molecular formula is C16H17BrO3. The largest absolute Gasteiger partial charge is 0.507 e. The van der Waals surface area contributed by atoms with Crippen LogP contribution in [0.3, 0.4) is 0 Å². The number of methoxy groups -OCH3 is 1. The fraction of sp³-hybridized carbons (Fsp3) is 0.250. The minimum Gasteiger partial charge on any atom is -0.507 e. The first-order valence-electron chi connectivity index (χ1n) is 6.42. The van der Waals surface area contributed by atoms with Gasteiger partial charge in [-0.05, 0) is 39.9 Å². The van der Waals surface area contributed by atoms with Crippen molar-refractivity contribution < 1.29 is 14.9 Å². The van der Waals surface area contributed by atoms with Crippen LogP contribution in [0.25, 0.3) is 11.1 Å². The number of rotatable bonds is 5. The molecule has 2 N–H and O–H groups in total. The van der Waals surface area contributed by atoms with E-state index in [2.05, 4.69) is 15.9 Å². The molecule has 4 heteroatoms. The van der Waals surface area contributed by atoms with Gasteiger partial charge in [0.15, 0.2) is 0 Å². The van der Waals surface area contributed by atoms with Gasteiger partial charge >= 0.3 is 0 Å². The summed E-state index contributed by atoms with van der Waals surface area (Å²) in [7, 11) is 1.66. The molecule has 106 valence electrons. The molecule has 0 radical (unpaired) electrons. The molecule has 0 spiro atoms. The highest BCUT2D eigenvalue weighted by Crippen LogP contribution is 2.42. The fourth-order valence-electron chi connectivity index (χ4n) is 2.24. The number of hydrogen-bond acceptors (Lipinski definition) is 3. The Morgan fingerprint density at radius 3 is 2.45 bits per heavy atom. The average Bonchev–Trinajstić information content (AvgIpc) is 2.45. The molecule has 0 aliphatic heterocycles. The number of phenolic OH excluding ortho intramolecular Hbond substituents is 2. The Hall–Kier alpha value is -1.52. The van der Waals surface area contributed by atoms with Gasteiger partial charge in [-0.1, -0.05) is 30.3 Å². The van der Waals surface area contributed by atoms with Gasteiger partial charge in [0, 0.05) is 25.3 Å². The molecule has 0 aromatic heterocycles. The third kappa shape index (κ3) is 3.14. The molecule has 0 saturated heterocycles. The molecular weight excluding hydrogens is 320 g/mol. The Labute approximate surface area is 127 Å². The van der Waals surface area contributed by atoms with Crippen molar-refractivity contribution in [2.75, 3.05) is 13.7 Å². The highest BCUT2D eigenvalue weighted by atomic mass is 79.9. The van der Waals surface area contributed by atoms with Crippen LogP contribution in [0.1, 0.15) is 12.0 Å². The van der Waals surface area contributed by atoms with Gasteiger partial charge in [0.05, 0.1) is 4.47 Å². The van der Waals surface area contributed by atoms with Crippen LogP contribution in [-0.4, -0.2) is 23.9 Å². The molecule has 2 rings (SSSR count). The second-order valence-electron chi connectivity index (χ2n) is 4.54. The Morgan fingerprint density at radius 2 is 1.80 bits per heavy atom. The molecule has 0 atom stereocenters. The van der Waals surface area contributed by atoms with Crippen LogP contribution in [0.5, 0.6) is 11.5 Å². The van der Waals surface area contributed by atoms with Gasteiger partial charge in [-0.15, -0.1) is 0 Å². The van der Waals surface area contributed by atoms with E-state index in [1.807, 2.05) is 30.3 Å². The Morgan fingerprint density at radius 1 is 1.10 bits per heavy atom. The molecule has 2 aromatic carbocycles. The van der Waals surface area contributed by atoms with Crippen LogP contribution in [-0.2, 0) is 11.2 Å². The highest BCUT2D eigenvalue weighted by molar-refractivity contribution is 9.10. The Kier molecular flexibility index (Phi) is 5.04. The van der Waals surface area contributed by atoms with Crippen molar-refractivity contribution in [1.82, 2.24) is 0 Å². The van der Waals surface area contributed by atoms with Gasteiger partial charge in [-0.25, -0.2) is 0 Å². The third-order valence-electron chi connectivity index (χ3n) is 3.16. The van der Waals surface area contributed by atoms with E-state index >= 15 is 0 Å². The number of aromatic hydroxyl groups is 2. The van der Waals surface area contributed by atoms with E-state index < -0.39 is 0 Å². The van der Waals surface area contributed by atoms with Crippen LogP contribution in [0.4, 0.5) is 0 Å². The van der Waals surface area contributed by atoms with E-state index in [4.69, 9.17) is 4.74 Å². The van der Waals surface area contributed by atoms with E-state index in [-0.39, 0.29) is 11.5 Å². The van der Waals surface area contributed by atoms with Crippen molar-refractivity contribution in [2.45, 2.75) is 12.8 Å². The third-order valence-corrected chi connectivity index (χ3v) is 4.04. The summed E-state index contributed by atoms with van der Waals surface area (Å²) in [6.07, 6.45) is 1.53. The summed E-state index contributed by atoms with van der Waals surface area (Å²) in [5.74, 6) is 0.138. The van der Waals surface area contributed by atoms with Crippen LogP contribution >= 0.6 is 15.9 Å². The summed E-state index contributed by atoms with van der Waals surface area (Å²) < 4.78 is 5.70. The second-order valence-corrected chi connectivity index (χ2v) is 5.34. The zero-order chi connectivity index (χ0) is 14.5. The van der Waals surface area contributed by atoms with Gasteiger partial charge in [0.2, 0.25) is 0 Å². The molecule has 0 bridgehead atoms. The maximum Gasteiger partial charge on any atom is 0.133 e. The van der Waals surface area contributed by atoms with E-state index in [1.165, 1.54) is 6.07 Å². The minimum absolute atomic E-state index is 0.0506. The molecule has 0 heterocycles. The standard InChI is InChI=1S/C16H17BrO3/c1-20-9-5-8-12-15(11-6-3-2-4-7-11)13(18)10-14(19)16(12)17/h2-4,6-7,10,18-19H,5,8-9H2,1H3. The van der Waals surface area contributed by atoms with Crippen molar-refractivity contribution in [1.29, 1.82) is 0 Å². The number of benzene rings is 2. The van der Waals surface area contributed by atoms with Gasteiger partial charge in [0.25, 0.3) is 0 Å². The van der Waals surface area contributed by atoms with Crippen LogP contribution < -0.4 is 0 Å². The monoisotopic (exact) mass is 336 g/mol. The molecule has 20 heavy (non-hydrogen) atoms. The van der Waals surface area contributed by atoms with Gasteiger partial charge < -0.3 is 14.9 Å². The molecule has 0 unspecified atom stereocenters. The quantitative estimate of drug-likeness (QED) is 0.808. The minimum atomic E-state index is 0.0506. The zero-order valence-corrected chi connectivity index (χ0v) is 12.9. The predicted molar refractivity (Wildman–Crippen MR) is 83.1 cm³/mol. The van der Waals surface area contributed by atoms with Gasteiger partial charge in [-0.3, -0.25) is 0 Å². The molecule has 0 saturated carbocycles. The smallest absolute Gasteiger partial charge is 0.133 e. The topological polar surface area (TPSA) is 49.7 Å². The zero-order valence-electron chi connectivity index (χ0n) is 11.3. The molecule has 0 amide bonds. The maximum absolute atomic E-state index is 10.2. The van der Waals surface area contributed by atoms with E-state index in [0.29, 0.717) is 17.5 Å². The molecule has 3 nitrogen and oxygen atoms in total. The second kappa shape index (κ2) is 6.77. The summed E-state index contributed by atoms with van der Waals surface area (Å²) in [6.45, 7) is 0.636. The SMILES string of the molecule is COCCCc1c(Br)c(O)cc(O)c1-c1ccccc1. The molecule has 0 aliphatic carbocycles. The van der Waals surface area contributed by atoms with E-state index in [0.717, 1.165) is 23.1 Å². The lowest BCUT2D eigenvalue weighted by atomic mass is 9.95. The molecule has 0 fully saturated rings. The predicted octanol–water partition coefficient (Wildman–Crippen LogP) is 4.11. The number of ether oxygens (including phenoxy) is 1. The first-order valence-corrected chi connectivity index (χ1v) is 7.22. The number of phenols is 2. The van der Waals surface area contributed by atoms with Crippen molar-refractivity contribution in [3.63, 3.8) is 0 Å². The Bertz CT molecular complexity index is 582. The lowest BCUT2D eigenvalue weighted by molar-refractivity contribution is 0.195. The average molecular weight is 337 g/mol. The molecule has 2 aromatic rings. The van der Waals surface area contributed by atoms with Crippen molar-refractivity contribution in [2.24, 2.45) is 0 Å². The summed E-state index contributed by atoms with van der Waals surface area (Å²) in [4.78, 5) is 0. The van der Waals surface area contributed by atoms with Crippen molar-refractivity contribution in [3.8, 4) is 22.6 Å². The first kappa shape index (κ1) is 14.9. The molecule has 0 aliphatic rings. The van der Waals surface area contributed by atoms with Crippen LogP contribution in [0, 0.1) is 0 Å². The first-order chi connectivity index (χ1) is 9.65. The lowest BCUT2D eigenvalue weighted by Crippen LogP contribution is -1.97. The highest BCUT2D eigenvalue weighted by Gasteiger charge is 2.17. The fourth-order valence-corrected chi connectivity index (χ4v) is 2.75. The van der Waals surface area contributed by atoms with Gasteiger partial charge in [0.1, 0.15) is 11.5 Å². The lowest BCUT2D eigenvalue weighted by Gasteiger charge is -2.15. The summed E-state index contributed by atoms with van der Waals surface area (Å²) in [5.41, 5.74) is 2.58. The van der Waals surface area contributed by atoms with E-state index in [9.17, 15) is 10.2 Å². The summed E-state index contributed by atoms with van der Waals surface area (Å²) in [5, 5.41) is 20.1. The Balaban J connectivity index is 2.51. The van der Waals surface area contributed by atoms with Crippen LogP contribution in [0.2, 0.25) is 0 Å². The number of halogens is 1. The summed E-state index contributed by atoms with van der Waals surface area (Å²) in [6, 6.07) is 11.0. The number of hydrogen-bond donors (Lipinski definition) is 2. The van der Waals surface area contributed by atoms with E-state index in [1.54, 1.807) is 7.11 Å². The summed E-state index contributed by atoms with van der Waals surface area (Å²) >= 11 is 3.41. The van der Waals surface area contributed by atoms with Crippen molar-refractivity contribution in [3.05, 3.63) is 46.4 Å².